The molecule has 112 valence electrons. The highest BCUT2D eigenvalue weighted by Crippen LogP contribution is 2.25. The van der Waals surface area contributed by atoms with Crippen LogP contribution in [0.2, 0.25) is 0 Å². The van der Waals surface area contributed by atoms with Crippen molar-refractivity contribution in [2.45, 2.75) is 32.7 Å². The number of rotatable bonds is 6. The molecule has 0 saturated heterocycles. The number of ether oxygens (including phenoxy) is 1. The van der Waals surface area contributed by atoms with Gasteiger partial charge in [0.2, 0.25) is 0 Å². The molecular formula is C18H24N2O. The van der Waals surface area contributed by atoms with Crippen LogP contribution in [0.1, 0.15) is 34.7 Å². The zero-order chi connectivity index (χ0) is 15.2. The smallest absolute Gasteiger partial charge is 0.119 e. The Bertz CT molecular complexity index is 578. The molecule has 0 aliphatic heterocycles. The standard InChI is InChI=1S/C18H24N2O/c1-13-4-6-15(7-5-13)8-11-18(20-19)17-10-9-16(21-3)12-14(17)2/h4-7,9-10,12,18,20H,8,11,19H2,1-3H3. The normalized spacial score (nSPS) is 12.2. The van der Waals surface area contributed by atoms with Gasteiger partial charge in [0.05, 0.1) is 7.11 Å². The zero-order valence-corrected chi connectivity index (χ0v) is 13.0. The van der Waals surface area contributed by atoms with Crippen LogP contribution in [0.15, 0.2) is 42.5 Å². The summed E-state index contributed by atoms with van der Waals surface area (Å²) in [5.74, 6) is 6.63. The second kappa shape index (κ2) is 7.25. The second-order valence-electron chi connectivity index (χ2n) is 5.47. The van der Waals surface area contributed by atoms with Crippen LogP contribution < -0.4 is 16.0 Å². The maximum atomic E-state index is 5.75. The molecule has 3 heteroatoms. The first-order chi connectivity index (χ1) is 10.1. The van der Waals surface area contributed by atoms with E-state index in [4.69, 9.17) is 10.6 Å². The molecule has 2 aromatic rings. The molecule has 0 bridgehead atoms. The van der Waals surface area contributed by atoms with Gasteiger partial charge in [-0.05, 0) is 55.5 Å². The Labute approximate surface area is 127 Å². The van der Waals surface area contributed by atoms with Crippen molar-refractivity contribution in [1.82, 2.24) is 5.43 Å². The molecule has 3 N–H and O–H groups in total. The SMILES string of the molecule is COc1ccc(C(CCc2ccc(C)cc2)NN)c(C)c1. The largest absolute Gasteiger partial charge is 0.497 e. The highest BCUT2D eigenvalue weighted by atomic mass is 16.5. The number of hydrazine groups is 1. The Morgan fingerprint density at radius 2 is 1.81 bits per heavy atom. The molecule has 0 saturated carbocycles. The Kier molecular flexibility index (Phi) is 5.37. The molecule has 1 unspecified atom stereocenters. The van der Waals surface area contributed by atoms with E-state index < -0.39 is 0 Å². The highest BCUT2D eigenvalue weighted by Gasteiger charge is 2.13. The van der Waals surface area contributed by atoms with E-state index >= 15 is 0 Å². The van der Waals surface area contributed by atoms with Crippen molar-refractivity contribution >= 4 is 0 Å². The van der Waals surface area contributed by atoms with Gasteiger partial charge >= 0.3 is 0 Å². The molecule has 2 rings (SSSR count). The summed E-state index contributed by atoms with van der Waals surface area (Å²) in [4.78, 5) is 0. The van der Waals surface area contributed by atoms with Gasteiger partial charge in [-0.1, -0.05) is 35.9 Å². The molecular weight excluding hydrogens is 260 g/mol. The maximum absolute atomic E-state index is 5.75. The van der Waals surface area contributed by atoms with Crippen LogP contribution in [-0.4, -0.2) is 7.11 Å². The lowest BCUT2D eigenvalue weighted by Crippen LogP contribution is -2.29. The number of aryl methyl sites for hydroxylation is 3. The Balaban J connectivity index is 2.07. The molecule has 0 aromatic heterocycles. The van der Waals surface area contributed by atoms with Crippen molar-refractivity contribution in [2.24, 2.45) is 5.84 Å². The summed E-state index contributed by atoms with van der Waals surface area (Å²) in [6.07, 6.45) is 1.97. The van der Waals surface area contributed by atoms with Gasteiger partial charge < -0.3 is 4.74 Å². The summed E-state index contributed by atoms with van der Waals surface area (Å²) < 4.78 is 5.25. The number of nitrogens with one attached hydrogen (secondary N) is 1. The van der Waals surface area contributed by atoms with E-state index in [0.717, 1.165) is 18.6 Å². The molecule has 1 atom stereocenters. The van der Waals surface area contributed by atoms with Crippen LogP contribution in [0.3, 0.4) is 0 Å². The molecule has 2 aromatic carbocycles. The number of benzene rings is 2. The van der Waals surface area contributed by atoms with Crippen LogP contribution in [0.5, 0.6) is 5.75 Å². The number of methoxy groups -OCH3 is 1. The maximum Gasteiger partial charge on any atom is 0.119 e. The van der Waals surface area contributed by atoms with Gasteiger partial charge in [0.25, 0.3) is 0 Å². The lowest BCUT2D eigenvalue weighted by atomic mass is 9.95. The van der Waals surface area contributed by atoms with Crippen molar-refractivity contribution < 1.29 is 4.74 Å². The summed E-state index contributed by atoms with van der Waals surface area (Å²) in [6, 6.07) is 14.9. The quantitative estimate of drug-likeness (QED) is 0.631. The van der Waals surface area contributed by atoms with E-state index in [0.29, 0.717) is 0 Å². The van der Waals surface area contributed by atoms with Crippen LogP contribution in [0.4, 0.5) is 0 Å². The molecule has 21 heavy (non-hydrogen) atoms. The predicted molar refractivity (Wildman–Crippen MR) is 87.3 cm³/mol. The fourth-order valence-corrected chi connectivity index (χ4v) is 2.56. The van der Waals surface area contributed by atoms with Crippen LogP contribution in [0.25, 0.3) is 0 Å². The van der Waals surface area contributed by atoms with Crippen molar-refractivity contribution in [1.29, 1.82) is 0 Å². The van der Waals surface area contributed by atoms with Gasteiger partial charge in [0, 0.05) is 6.04 Å². The van der Waals surface area contributed by atoms with Gasteiger partial charge in [-0.3, -0.25) is 11.3 Å². The summed E-state index contributed by atoms with van der Waals surface area (Å²) in [7, 11) is 1.69. The van der Waals surface area contributed by atoms with E-state index in [2.05, 4.69) is 49.6 Å². The molecule has 0 aliphatic rings. The number of hydrogen-bond donors (Lipinski definition) is 2. The zero-order valence-electron chi connectivity index (χ0n) is 13.0. The minimum atomic E-state index is 0.150. The Hall–Kier alpha value is -1.84. The lowest BCUT2D eigenvalue weighted by Gasteiger charge is -2.19. The predicted octanol–water partition coefficient (Wildman–Crippen LogP) is 3.45. The van der Waals surface area contributed by atoms with E-state index in [9.17, 15) is 0 Å². The molecule has 0 fully saturated rings. The molecule has 0 spiro atoms. The molecule has 0 radical (unpaired) electrons. The lowest BCUT2D eigenvalue weighted by molar-refractivity contribution is 0.413. The third-order valence-corrected chi connectivity index (χ3v) is 3.90. The van der Waals surface area contributed by atoms with Crippen LogP contribution in [0, 0.1) is 13.8 Å². The molecule has 0 heterocycles. The first kappa shape index (κ1) is 15.5. The Morgan fingerprint density at radius 1 is 1.10 bits per heavy atom. The summed E-state index contributed by atoms with van der Waals surface area (Å²) in [6.45, 7) is 4.20. The van der Waals surface area contributed by atoms with Gasteiger partial charge in [-0.15, -0.1) is 0 Å². The first-order valence-electron chi connectivity index (χ1n) is 7.30. The Morgan fingerprint density at radius 3 is 2.38 bits per heavy atom. The van der Waals surface area contributed by atoms with E-state index in [1.54, 1.807) is 7.11 Å². The van der Waals surface area contributed by atoms with Crippen LogP contribution in [-0.2, 0) is 6.42 Å². The average molecular weight is 284 g/mol. The second-order valence-corrected chi connectivity index (χ2v) is 5.47. The van der Waals surface area contributed by atoms with Crippen molar-refractivity contribution in [3.05, 3.63) is 64.7 Å². The van der Waals surface area contributed by atoms with Gasteiger partial charge in [-0.25, -0.2) is 0 Å². The third-order valence-electron chi connectivity index (χ3n) is 3.90. The van der Waals surface area contributed by atoms with E-state index in [-0.39, 0.29) is 6.04 Å². The first-order valence-corrected chi connectivity index (χ1v) is 7.30. The van der Waals surface area contributed by atoms with Crippen molar-refractivity contribution in [3.63, 3.8) is 0 Å². The number of hydrogen-bond acceptors (Lipinski definition) is 3. The minimum Gasteiger partial charge on any atom is -0.497 e. The minimum absolute atomic E-state index is 0.150. The van der Waals surface area contributed by atoms with Crippen molar-refractivity contribution in [2.75, 3.05) is 7.11 Å². The monoisotopic (exact) mass is 284 g/mol. The fraction of sp³-hybridized carbons (Fsp3) is 0.333. The third kappa shape index (κ3) is 4.06. The van der Waals surface area contributed by atoms with Crippen LogP contribution >= 0.6 is 0 Å². The fourth-order valence-electron chi connectivity index (χ4n) is 2.56. The molecule has 0 amide bonds. The summed E-state index contributed by atoms with van der Waals surface area (Å²) >= 11 is 0. The van der Waals surface area contributed by atoms with E-state index in [1.807, 2.05) is 12.1 Å². The topological polar surface area (TPSA) is 47.3 Å². The summed E-state index contributed by atoms with van der Waals surface area (Å²) in [5, 5.41) is 0. The van der Waals surface area contributed by atoms with Crippen molar-refractivity contribution in [3.8, 4) is 5.75 Å². The van der Waals surface area contributed by atoms with Gasteiger partial charge in [-0.2, -0.15) is 0 Å². The molecule has 0 aliphatic carbocycles. The highest BCUT2D eigenvalue weighted by molar-refractivity contribution is 5.36. The molecule has 3 nitrogen and oxygen atoms in total. The van der Waals surface area contributed by atoms with E-state index in [1.165, 1.54) is 22.3 Å². The number of nitrogens with two attached hydrogens (primary N) is 1. The van der Waals surface area contributed by atoms with Gasteiger partial charge in [0.1, 0.15) is 5.75 Å². The summed E-state index contributed by atoms with van der Waals surface area (Å²) in [5.41, 5.74) is 7.99. The average Bonchev–Trinajstić information content (AvgIpc) is 2.50. The van der Waals surface area contributed by atoms with Gasteiger partial charge in [0.15, 0.2) is 0 Å².